The monoisotopic (exact) mass is 381 g/mol. The fourth-order valence-electron chi connectivity index (χ4n) is 3.46. The average molecular weight is 382 g/mol. The SMILES string of the molecule is COC(=O)CNC(=O)c1ccc(NC(=O)C2CC23CCNCC3)cc1.Cl. The minimum absolute atomic E-state index is 0. The van der Waals surface area contributed by atoms with Gasteiger partial charge in [-0.05, 0) is 62.0 Å². The van der Waals surface area contributed by atoms with E-state index in [1.807, 2.05) is 0 Å². The first-order chi connectivity index (χ1) is 12.0. The van der Waals surface area contributed by atoms with Crippen LogP contribution in [0.25, 0.3) is 0 Å². The maximum absolute atomic E-state index is 12.4. The topological polar surface area (TPSA) is 96.5 Å². The second kappa shape index (κ2) is 8.51. The van der Waals surface area contributed by atoms with E-state index in [0.717, 1.165) is 32.4 Å². The fraction of sp³-hybridized carbons (Fsp3) is 0.500. The Morgan fingerprint density at radius 2 is 1.85 bits per heavy atom. The predicted molar refractivity (Wildman–Crippen MR) is 99.3 cm³/mol. The Morgan fingerprint density at radius 1 is 1.19 bits per heavy atom. The van der Waals surface area contributed by atoms with Gasteiger partial charge in [-0.25, -0.2) is 0 Å². The summed E-state index contributed by atoms with van der Waals surface area (Å²) in [4.78, 5) is 35.4. The molecule has 0 bridgehead atoms. The van der Waals surface area contributed by atoms with Gasteiger partial charge in [-0.1, -0.05) is 0 Å². The van der Waals surface area contributed by atoms with Gasteiger partial charge in [0.2, 0.25) is 5.91 Å². The fourth-order valence-corrected chi connectivity index (χ4v) is 3.46. The van der Waals surface area contributed by atoms with E-state index in [4.69, 9.17) is 0 Å². The molecule has 0 aromatic heterocycles. The van der Waals surface area contributed by atoms with Gasteiger partial charge >= 0.3 is 5.97 Å². The molecule has 3 rings (SSSR count). The third kappa shape index (κ3) is 4.53. The lowest BCUT2D eigenvalue weighted by Gasteiger charge is -2.23. The van der Waals surface area contributed by atoms with E-state index in [1.54, 1.807) is 24.3 Å². The van der Waals surface area contributed by atoms with Gasteiger partial charge in [-0.2, -0.15) is 0 Å². The molecular weight excluding hydrogens is 358 g/mol. The number of benzene rings is 1. The number of anilines is 1. The summed E-state index contributed by atoms with van der Waals surface area (Å²) in [7, 11) is 1.26. The standard InChI is InChI=1S/C18H23N3O4.ClH/c1-25-15(22)11-20-16(23)12-2-4-13(5-3-12)21-17(24)14-10-18(14)6-8-19-9-7-18;/h2-5,14,19H,6-11H2,1H3,(H,20,23)(H,21,24);1H. The van der Waals surface area contributed by atoms with Crippen molar-refractivity contribution in [2.24, 2.45) is 11.3 Å². The Labute approximate surface area is 158 Å². The lowest BCUT2D eigenvalue weighted by molar-refractivity contribution is -0.139. The van der Waals surface area contributed by atoms with Crippen LogP contribution in [0.3, 0.4) is 0 Å². The van der Waals surface area contributed by atoms with Gasteiger partial charge in [0.1, 0.15) is 6.54 Å². The molecule has 7 nitrogen and oxygen atoms in total. The van der Waals surface area contributed by atoms with Crippen LogP contribution < -0.4 is 16.0 Å². The van der Waals surface area contributed by atoms with Gasteiger partial charge in [0.15, 0.2) is 0 Å². The summed E-state index contributed by atoms with van der Waals surface area (Å²) in [6, 6.07) is 6.63. The quantitative estimate of drug-likeness (QED) is 0.669. The first-order valence-electron chi connectivity index (χ1n) is 8.51. The number of carbonyl (C=O) groups is 3. The van der Waals surface area contributed by atoms with E-state index in [0.29, 0.717) is 11.3 Å². The summed E-state index contributed by atoms with van der Waals surface area (Å²) in [5.41, 5.74) is 1.29. The Balaban J connectivity index is 0.00000243. The highest BCUT2D eigenvalue weighted by molar-refractivity contribution is 5.98. The number of carbonyl (C=O) groups excluding carboxylic acids is 3. The number of nitrogens with one attached hydrogen (secondary N) is 3. The summed E-state index contributed by atoms with van der Waals surface area (Å²) in [6.07, 6.45) is 3.09. The van der Waals surface area contributed by atoms with E-state index in [2.05, 4.69) is 20.7 Å². The Morgan fingerprint density at radius 3 is 2.46 bits per heavy atom. The van der Waals surface area contributed by atoms with E-state index in [9.17, 15) is 14.4 Å². The van der Waals surface area contributed by atoms with Crippen LogP contribution in [-0.2, 0) is 14.3 Å². The molecule has 0 radical (unpaired) electrons. The van der Waals surface area contributed by atoms with Crippen molar-refractivity contribution in [2.75, 3.05) is 32.1 Å². The molecule has 142 valence electrons. The van der Waals surface area contributed by atoms with Crippen molar-refractivity contribution in [3.05, 3.63) is 29.8 Å². The van der Waals surface area contributed by atoms with Crippen LogP contribution in [-0.4, -0.2) is 44.5 Å². The van der Waals surface area contributed by atoms with Crippen LogP contribution in [0.15, 0.2) is 24.3 Å². The average Bonchev–Trinajstić information content (AvgIpc) is 3.33. The number of hydrogen-bond donors (Lipinski definition) is 3. The van der Waals surface area contributed by atoms with Gasteiger partial charge < -0.3 is 20.7 Å². The largest absolute Gasteiger partial charge is 0.468 e. The Kier molecular flexibility index (Phi) is 6.61. The van der Waals surface area contributed by atoms with Gasteiger partial charge in [0.05, 0.1) is 7.11 Å². The highest BCUT2D eigenvalue weighted by Gasteiger charge is 2.57. The van der Waals surface area contributed by atoms with Crippen molar-refractivity contribution in [3.8, 4) is 0 Å². The first-order valence-corrected chi connectivity index (χ1v) is 8.51. The first kappa shape index (κ1) is 20.2. The lowest BCUT2D eigenvalue weighted by atomic mass is 9.92. The van der Waals surface area contributed by atoms with Crippen LogP contribution in [0.2, 0.25) is 0 Å². The van der Waals surface area contributed by atoms with E-state index in [1.165, 1.54) is 7.11 Å². The molecule has 1 unspecified atom stereocenters. The van der Waals surface area contributed by atoms with Gasteiger partial charge in [-0.3, -0.25) is 14.4 Å². The Hall–Kier alpha value is -2.12. The number of halogens is 1. The number of methoxy groups -OCH3 is 1. The van der Waals surface area contributed by atoms with Crippen molar-refractivity contribution < 1.29 is 19.1 Å². The maximum atomic E-state index is 12.4. The number of piperidine rings is 1. The van der Waals surface area contributed by atoms with Crippen molar-refractivity contribution >= 4 is 35.9 Å². The van der Waals surface area contributed by atoms with Crippen LogP contribution in [0.4, 0.5) is 5.69 Å². The minimum atomic E-state index is -0.506. The zero-order valence-electron chi connectivity index (χ0n) is 14.7. The van der Waals surface area contributed by atoms with Crippen molar-refractivity contribution in [1.82, 2.24) is 10.6 Å². The zero-order chi connectivity index (χ0) is 17.9. The maximum Gasteiger partial charge on any atom is 0.325 e. The van der Waals surface area contributed by atoms with Crippen molar-refractivity contribution in [2.45, 2.75) is 19.3 Å². The molecular formula is C18H24ClN3O4. The molecule has 1 heterocycles. The zero-order valence-corrected chi connectivity index (χ0v) is 15.5. The normalized spacial score (nSPS) is 19.8. The highest BCUT2D eigenvalue weighted by Crippen LogP contribution is 2.58. The molecule has 1 saturated carbocycles. The van der Waals surface area contributed by atoms with Crippen LogP contribution in [0.1, 0.15) is 29.6 Å². The molecule has 3 N–H and O–H groups in total. The number of esters is 1. The number of amides is 2. The summed E-state index contributed by atoms with van der Waals surface area (Å²) in [5.74, 6) is -0.713. The molecule has 2 aliphatic rings. The van der Waals surface area contributed by atoms with Gasteiger partial charge in [-0.15, -0.1) is 12.4 Å². The smallest absolute Gasteiger partial charge is 0.325 e. The predicted octanol–water partition coefficient (Wildman–Crippen LogP) is 1.34. The van der Waals surface area contributed by atoms with Crippen LogP contribution in [0.5, 0.6) is 0 Å². The molecule has 2 amide bonds. The van der Waals surface area contributed by atoms with Crippen LogP contribution in [0, 0.1) is 11.3 Å². The molecule has 1 aromatic rings. The Bertz CT molecular complexity index is 672. The van der Waals surface area contributed by atoms with E-state index < -0.39 is 5.97 Å². The van der Waals surface area contributed by atoms with Gasteiger partial charge in [0.25, 0.3) is 5.91 Å². The number of hydrogen-bond acceptors (Lipinski definition) is 5. The molecule has 2 fully saturated rings. The molecule has 1 aliphatic heterocycles. The van der Waals surface area contributed by atoms with Crippen molar-refractivity contribution in [1.29, 1.82) is 0 Å². The molecule has 1 spiro atoms. The minimum Gasteiger partial charge on any atom is -0.468 e. The lowest BCUT2D eigenvalue weighted by Crippen LogP contribution is -2.31. The summed E-state index contributed by atoms with van der Waals surface area (Å²) in [5, 5.41) is 8.73. The van der Waals surface area contributed by atoms with Gasteiger partial charge in [0, 0.05) is 17.2 Å². The molecule has 1 aromatic carbocycles. The van der Waals surface area contributed by atoms with Crippen LogP contribution >= 0.6 is 12.4 Å². The number of rotatable bonds is 5. The molecule has 1 atom stereocenters. The summed E-state index contributed by atoms with van der Waals surface area (Å²) < 4.78 is 4.47. The summed E-state index contributed by atoms with van der Waals surface area (Å²) in [6.45, 7) is 1.80. The second-order valence-electron chi connectivity index (χ2n) is 6.69. The molecule has 1 aliphatic carbocycles. The highest BCUT2D eigenvalue weighted by atomic mass is 35.5. The molecule has 8 heteroatoms. The number of ether oxygens (including phenoxy) is 1. The van der Waals surface area contributed by atoms with E-state index >= 15 is 0 Å². The third-order valence-electron chi connectivity index (χ3n) is 5.14. The molecule has 1 saturated heterocycles. The molecule has 26 heavy (non-hydrogen) atoms. The van der Waals surface area contributed by atoms with Crippen molar-refractivity contribution in [3.63, 3.8) is 0 Å². The third-order valence-corrected chi connectivity index (χ3v) is 5.14. The second-order valence-corrected chi connectivity index (χ2v) is 6.69. The van der Waals surface area contributed by atoms with E-state index in [-0.39, 0.29) is 42.1 Å². The summed E-state index contributed by atoms with van der Waals surface area (Å²) >= 11 is 0.